The Morgan fingerprint density at radius 2 is 1.24 bits per heavy atom. The van der Waals surface area contributed by atoms with Crippen LogP contribution in [0.3, 0.4) is 0 Å². The molecule has 0 aliphatic carbocycles. The Kier molecular flexibility index (Phi) is 9.22. The largest absolute Gasteiger partial charge is 0.496 e. The van der Waals surface area contributed by atoms with Crippen LogP contribution in [0.1, 0.15) is 79.0 Å². The van der Waals surface area contributed by atoms with Gasteiger partial charge in [0.15, 0.2) is 0 Å². The van der Waals surface area contributed by atoms with Crippen LogP contribution in [-0.2, 0) is 10.8 Å². The van der Waals surface area contributed by atoms with Crippen LogP contribution in [0.4, 0.5) is 0 Å². The quantitative estimate of drug-likeness (QED) is 0.162. The summed E-state index contributed by atoms with van der Waals surface area (Å²) in [6.07, 6.45) is 1.89. The standard InChI is InChI=1S/C55H55N3O/c1-34-15-18-38(19-16-34)40-25-26-56-48(33-40)42-30-41(31-44(32-42)55(8,9)10)45-13-12-14-50-51(45)57-53(47-29-36(3)27-37(4)52(47)59-11)58(50)49-24-17-35(2)28-46(49)39-20-22-43(23-21-39)54(5,6)7/h12-33H,1-11H3/i2D3. The Morgan fingerprint density at radius 3 is 1.93 bits per heavy atom. The van der Waals surface area contributed by atoms with Crippen molar-refractivity contribution in [2.75, 3.05) is 7.11 Å². The van der Waals surface area contributed by atoms with Crippen molar-refractivity contribution in [3.8, 4) is 67.5 Å². The van der Waals surface area contributed by atoms with Crippen LogP contribution < -0.4 is 4.74 Å². The number of nitrogens with zero attached hydrogens (tertiary/aromatic N) is 3. The summed E-state index contributed by atoms with van der Waals surface area (Å²) in [7, 11) is 1.70. The van der Waals surface area contributed by atoms with E-state index in [9.17, 15) is 0 Å². The Hall–Kier alpha value is -6.26. The normalized spacial score (nSPS) is 12.9. The molecule has 0 N–H and O–H groups in total. The van der Waals surface area contributed by atoms with E-state index >= 15 is 0 Å². The van der Waals surface area contributed by atoms with Crippen molar-refractivity contribution in [3.05, 3.63) is 167 Å². The number of aromatic nitrogens is 3. The predicted molar refractivity (Wildman–Crippen MR) is 249 cm³/mol. The van der Waals surface area contributed by atoms with E-state index in [2.05, 4.69) is 176 Å². The summed E-state index contributed by atoms with van der Waals surface area (Å²) in [5, 5.41) is 0. The van der Waals surface area contributed by atoms with E-state index in [-0.39, 0.29) is 16.4 Å². The van der Waals surface area contributed by atoms with Crippen LogP contribution in [0.2, 0.25) is 0 Å². The van der Waals surface area contributed by atoms with Crippen LogP contribution in [0, 0.1) is 27.6 Å². The van der Waals surface area contributed by atoms with Gasteiger partial charge in [-0.1, -0.05) is 132 Å². The SMILES string of the molecule is [2H]C([2H])([2H])c1ccc(-n2c(-c3cc(C)cc(C)c3OC)nc3c(-c4cc(-c5cc(-c6ccc(C)cc6)ccn5)cc(C(C)(C)C)c4)cccc32)c(-c2ccc(C(C)(C)C)cc2)c1. The molecule has 0 saturated heterocycles. The lowest BCUT2D eigenvalue weighted by Gasteiger charge is -2.22. The minimum Gasteiger partial charge on any atom is -0.496 e. The average Bonchev–Trinajstić information content (AvgIpc) is 3.62. The van der Waals surface area contributed by atoms with Crippen LogP contribution in [0.25, 0.3) is 72.7 Å². The summed E-state index contributed by atoms with van der Waals surface area (Å²) in [6.45, 7) is 17.3. The number of methoxy groups -OCH3 is 1. The molecule has 0 aliphatic heterocycles. The molecule has 0 radical (unpaired) electrons. The lowest BCUT2D eigenvalue weighted by atomic mass is 9.83. The van der Waals surface area contributed by atoms with E-state index in [4.69, 9.17) is 18.8 Å². The molecule has 2 heterocycles. The van der Waals surface area contributed by atoms with Gasteiger partial charge < -0.3 is 4.74 Å². The highest BCUT2D eigenvalue weighted by molar-refractivity contribution is 5.98. The van der Waals surface area contributed by atoms with Gasteiger partial charge in [0, 0.05) is 27.0 Å². The zero-order valence-corrected chi connectivity index (χ0v) is 36.0. The monoisotopic (exact) mass is 776 g/mol. The molecule has 8 rings (SSSR count). The molecule has 296 valence electrons. The zero-order valence-electron chi connectivity index (χ0n) is 39.0. The van der Waals surface area contributed by atoms with Gasteiger partial charge in [-0.25, -0.2) is 4.98 Å². The van der Waals surface area contributed by atoms with E-state index in [1.807, 2.05) is 18.3 Å². The third kappa shape index (κ3) is 7.72. The molecule has 6 aromatic carbocycles. The maximum absolute atomic E-state index is 8.42. The molecule has 0 aliphatic rings. The minimum absolute atomic E-state index is 0.0459. The minimum atomic E-state index is -2.30. The summed E-state index contributed by atoms with van der Waals surface area (Å²) in [6, 6.07) is 44.2. The molecular weight excluding hydrogens is 719 g/mol. The third-order valence-corrected chi connectivity index (χ3v) is 11.4. The highest BCUT2D eigenvalue weighted by Crippen LogP contribution is 2.43. The number of fused-ring (bicyclic) bond motifs is 1. The highest BCUT2D eigenvalue weighted by Gasteiger charge is 2.25. The Labute approximate surface area is 354 Å². The second-order valence-corrected chi connectivity index (χ2v) is 18.0. The summed E-state index contributed by atoms with van der Waals surface area (Å²) in [4.78, 5) is 10.5. The van der Waals surface area contributed by atoms with Gasteiger partial charge in [-0.05, 0) is 131 Å². The maximum atomic E-state index is 8.42. The fraction of sp³-hybridized carbons (Fsp3) is 0.236. The molecule has 0 spiro atoms. The molecule has 4 nitrogen and oxygen atoms in total. The second kappa shape index (κ2) is 15.2. The average molecular weight is 777 g/mol. The van der Waals surface area contributed by atoms with Crippen molar-refractivity contribution in [2.24, 2.45) is 0 Å². The van der Waals surface area contributed by atoms with Gasteiger partial charge in [0.05, 0.1) is 35.1 Å². The van der Waals surface area contributed by atoms with Crippen molar-refractivity contribution < 1.29 is 8.85 Å². The van der Waals surface area contributed by atoms with Crippen molar-refractivity contribution in [2.45, 2.75) is 80.0 Å². The van der Waals surface area contributed by atoms with Gasteiger partial charge in [-0.15, -0.1) is 0 Å². The highest BCUT2D eigenvalue weighted by atomic mass is 16.5. The number of hydrogen-bond acceptors (Lipinski definition) is 3. The van der Waals surface area contributed by atoms with Gasteiger partial charge in [0.2, 0.25) is 0 Å². The molecule has 0 atom stereocenters. The van der Waals surface area contributed by atoms with E-state index in [1.165, 1.54) is 16.7 Å². The summed E-state index contributed by atoms with van der Waals surface area (Å²) in [5.41, 5.74) is 17.0. The summed E-state index contributed by atoms with van der Waals surface area (Å²) < 4.78 is 33.6. The molecule has 0 saturated carbocycles. The van der Waals surface area contributed by atoms with Crippen LogP contribution >= 0.6 is 0 Å². The number of benzene rings is 6. The first-order chi connectivity index (χ1) is 29.3. The lowest BCUT2D eigenvalue weighted by Crippen LogP contribution is -2.11. The zero-order chi connectivity index (χ0) is 44.3. The summed E-state index contributed by atoms with van der Waals surface area (Å²) in [5.74, 6) is 1.44. The van der Waals surface area contributed by atoms with E-state index in [0.717, 1.165) is 83.8 Å². The number of pyridine rings is 1. The number of aryl methyl sites for hydroxylation is 4. The smallest absolute Gasteiger partial charge is 0.149 e. The lowest BCUT2D eigenvalue weighted by molar-refractivity contribution is 0.413. The molecule has 2 aromatic heterocycles. The van der Waals surface area contributed by atoms with Gasteiger partial charge >= 0.3 is 0 Å². The van der Waals surface area contributed by atoms with Crippen molar-refractivity contribution in [1.82, 2.24) is 14.5 Å². The molecular formula is C55H55N3O. The molecule has 4 heteroatoms. The predicted octanol–water partition coefficient (Wildman–Crippen LogP) is 14.6. The molecule has 0 fully saturated rings. The Morgan fingerprint density at radius 1 is 0.559 bits per heavy atom. The Balaban J connectivity index is 1.42. The van der Waals surface area contributed by atoms with Gasteiger partial charge in [0.25, 0.3) is 0 Å². The number of hydrogen-bond donors (Lipinski definition) is 0. The third-order valence-electron chi connectivity index (χ3n) is 11.4. The molecule has 0 amide bonds. The summed E-state index contributed by atoms with van der Waals surface area (Å²) >= 11 is 0. The van der Waals surface area contributed by atoms with Crippen molar-refractivity contribution >= 4 is 11.0 Å². The van der Waals surface area contributed by atoms with Crippen LogP contribution in [0.5, 0.6) is 5.75 Å². The fourth-order valence-electron chi connectivity index (χ4n) is 8.14. The van der Waals surface area contributed by atoms with E-state index < -0.39 is 6.85 Å². The Bertz CT molecular complexity index is 2960. The molecule has 0 bridgehead atoms. The van der Waals surface area contributed by atoms with Crippen molar-refractivity contribution in [1.29, 1.82) is 0 Å². The van der Waals surface area contributed by atoms with E-state index in [1.54, 1.807) is 13.2 Å². The number of rotatable bonds is 7. The number of para-hydroxylation sites is 1. The van der Waals surface area contributed by atoms with Crippen LogP contribution in [0.15, 0.2) is 134 Å². The second-order valence-electron chi connectivity index (χ2n) is 18.0. The fourth-order valence-corrected chi connectivity index (χ4v) is 8.14. The number of imidazole rings is 1. The number of ether oxygens (including phenoxy) is 1. The molecule has 8 aromatic rings. The topological polar surface area (TPSA) is 39.9 Å². The molecule has 59 heavy (non-hydrogen) atoms. The van der Waals surface area contributed by atoms with Gasteiger partial charge in [-0.2, -0.15) is 0 Å². The first-order valence-electron chi connectivity index (χ1n) is 21.9. The van der Waals surface area contributed by atoms with Crippen LogP contribution in [-0.4, -0.2) is 21.6 Å². The van der Waals surface area contributed by atoms with Gasteiger partial charge in [0.1, 0.15) is 11.6 Å². The van der Waals surface area contributed by atoms with Crippen molar-refractivity contribution in [3.63, 3.8) is 0 Å². The first kappa shape index (κ1) is 35.9. The first-order valence-corrected chi connectivity index (χ1v) is 20.4. The van der Waals surface area contributed by atoms with E-state index in [0.29, 0.717) is 5.82 Å². The van der Waals surface area contributed by atoms with Gasteiger partial charge in [-0.3, -0.25) is 9.55 Å². The maximum Gasteiger partial charge on any atom is 0.149 e. The molecule has 0 unspecified atom stereocenters.